The molecule has 20 heavy (non-hydrogen) atoms. The van der Waals surface area contributed by atoms with Gasteiger partial charge in [-0.05, 0) is 13.0 Å². The monoisotopic (exact) mass is 320 g/mol. The first-order chi connectivity index (χ1) is 9.17. The Labute approximate surface area is 128 Å². The molecular weight excluding hydrogens is 300 g/mol. The molecule has 0 aliphatic carbocycles. The molecule has 0 unspecified atom stereocenters. The molecule has 0 aromatic carbocycles. The number of amides is 2. The van der Waals surface area contributed by atoms with Gasteiger partial charge >= 0.3 is 0 Å². The van der Waals surface area contributed by atoms with Crippen LogP contribution in [0.4, 0.5) is 0 Å². The Morgan fingerprint density at radius 1 is 1.35 bits per heavy atom. The fraction of sp³-hybridized carbons (Fsp3) is 0.583. The fourth-order valence-corrected chi connectivity index (χ4v) is 2.18. The maximum atomic E-state index is 11.7. The number of hydrogen-bond donors (Lipinski definition) is 3. The van der Waals surface area contributed by atoms with Crippen LogP contribution in [0.25, 0.3) is 0 Å². The molecule has 0 bridgehead atoms. The van der Waals surface area contributed by atoms with Crippen molar-refractivity contribution in [3.8, 4) is 0 Å². The zero-order valence-electron chi connectivity index (χ0n) is 11.5. The maximum Gasteiger partial charge on any atom is 0.270 e. The Balaban J connectivity index is 0.00000361. The van der Waals surface area contributed by atoms with E-state index in [1.807, 2.05) is 6.92 Å². The SMILES string of the molecule is CCCNC(=O)CCNC(=O)c1csc(CCN)n1.Cl. The second kappa shape index (κ2) is 10.6. The molecular formula is C12H21ClN4O2S. The van der Waals surface area contributed by atoms with Crippen molar-refractivity contribution in [3.05, 3.63) is 16.1 Å². The molecule has 1 aromatic rings. The molecule has 0 saturated carbocycles. The van der Waals surface area contributed by atoms with Crippen LogP contribution in [0.1, 0.15) is 35.3 Å². The van der Waals surface area contributed by atoms with E-state index in [0.29, 0.717) is 31.7 Å². The van der Waals surface area contributed by atoms with E-state index in [1.54, 1.807) is 5.38 Å². The molecule has 8 heteroatoms. The zero-order chi connectivity index (χ0) is 14.1. The van der Waals surface area contributed by atoms with Crippen molar-refractivity contribution in [1.29, 1.82) is 0 Å². The molecule has 1 aromatic heterocycles. The number of hydrogen-bond acceptors (Lipinski definition) is 5. The molecule has 0 spiro atoms. The van der Waals surface area contributed by atoms with Gasteiger partial charge in [0.15, 0.2) is 0 Å². The molecule has 4 N–H and O–H groups in total. The summed E-state index contributed by atoms with van der Waals surface area (Å²) in [6.45, 7) is 3.49. The van der Waals surface area contributed by atoms with E-state index in [9.17, 15) is 9.59 Å². The van der Waals surface area contributed by atoms with Crippen LogP contribution in [0.3, 0.4) is 0 Å². The number of aromatic nitrogens is 1. The molecule has 1 rings (SSSR count). The van der Waals surface area contributed by atoms with Crippen molar-refractivity contribution in [1.82, 2.24) is 15.6 Å². The lowest BCUT2D eigenvalue weighted by atomic mass is 10.3. The average molecular weight is 321 g/mol. The number of halogens is 1. The minimum atomic E-state index is -0.247. The van der Waals surface area contributed by atoms with Crippen molar-refractivity contribution >= 4 is 35.6 Å². The summed E-state index contributed by atoms with van der Waals surface area (Å²) in [5.74, 6) is -0.299. The number of carbonyl (C=O) groups excluding carboxylic acids is 2. The summed E-state index contributed by atoms with van der Waals surface area (Å²) in [4.78, 5) is 27.2. The Bertz CT molecular complexity index is 425. The van der Waals surface area contributed by atoms with Crippen LogP contribution in [0.2, 0.25) is 0 Å². The third kappa shape index (κ3) is 6.83. The lowest BCUT2D eigenvalue weighted by Crippen LogP contribution is -2.31. The highest BCUT2D eigenvalue weighted by molar-refractivity contribution is 7.09. The first kappa shape index (κ1) is 18.8. The molecule has 0 aliphatic heterocycles. The first-order valence-electron chi connectivity index (χ1n) is 6.36. The van der Waals surface area contributed by atoms with Crippen molar-refractivity contribution in [2.24, 2.45) is 5.73 Å². The number of thiazole rings is 1. The van der Waals surface area contributed by atoms with E-state index in [4.69, 9.17) is 5.73 Å². The van der Waals surface area contributed by atoms with Gasteiger partial charge in [-0.3, -0.25) is 9.59 Å². The summed E-state index contributed by atoms with van der Waals surface area (Å²) < 4.78 is 0. The molecule has 0 fully saturated rings. The van der Waals surface area contributed by atoms with Crippen LogP contribution < -0.4 is 16.4 Å². The molecule has 2 amide bonds. The van der Waals surface area contributed by atoms with Gasteiger partial charge in [0.2, 0.25) is 5.91 Å². The van der Waals surface area contributed by atoms with Gasteiger partial charge in [-0.2, -0.15) is 0 Å². The quantitative estimate of drug-likeness (QED) is 0.657. The lowest BCUT2D eigenvalue weighted by Gasteiger charge is -2.04. The van der Waals surface area contributed by atoms with Crippen molar-refractivity contribution in [3.63, 3.8) is 0 Å². The number of rotatable bonds is 8. The predicted octanol–water partition coefficient (Wildman–Crippen LogP) is 0.712. The van der Waals surface area contributed by atoms with E-state index in [0.717, 1.165) is 11.4 Å². The molecule has 114 valence electrons. The molecule has 6 nitrogen and oxygen atoms in total. The maximum absolute atomic E-state index is 11.7. The number of nitrogens with two attached hydrogens (primary N) is 1. The van der Waals surface area contributed by atoms with E-state index in [-0.39, 0.29) is 30.6 Å². The number of nitrogens with one attached hydrogen (secondary N) is 2. The van der Waals surface area contributed by atoms with E-state index >= 15 is 0 Å². The van der Waals surface area contributed by atoms with Gasteiger partial charge in [0.25, 0.3) is 5.91 Å². The van der Waals surface area contributed by atoms with Crippen LogP contribution in [0, 0.1) is 0 Å². The van der Waals surface area contributed by atoms with Gasteiger partial charge in [-0.25, -0.2) is 4.98 Å². The fourth-order valence-electron chi connectivity index (χ4n) is 1.39. The Hall–Kier alpha value is -1.18. The Morgan fingerprint density at radius 3 is 2.75 bits per heavy atom. The minimum absolute atomic E-state index is 0. The number of carbonyl (C=O) groups is 2. The average Bonchev–Trinajstić information content (AvgIpc) is 2.85. The minimum Gasteiger partial charge on any atom is -0.356 e. The number of nitrogens with zero attached hydrogens (tertiary/aromatic N) is 1. The van der Waals surface area contributed by atoms with Gasteiger partial charge in [0, 0.05) is 31.3 Å². The second-order valence-corrected chi connectivity index (χ2v) is 4.96. The van der Waals surface area contributed by atoms with Crippen LogP contribution in [0.5, 0.6) is 0 Å². The van der Waals surface area contributed by atoms with Crippen LogP contribution in [-0.4, -0.2) is 36.4 Å². The standard InChI is InChI=1S/C12H20N4O2S.ClH/c1-2-6-14-10(17)4-7-15-12(18)9-8-19-11(16-9)3-5-13;/h8H,2-7,13H2,1H3,(H,14,17)(H,15,18);1H. The highest BCUT2D eigenvalue weighted by Crippen LogP contribution is 2.09. The summed E-state index contributed by atoms with van der Waals surface area (Å²) in [5, 5.41) is 7.98. The molecule has 0 aliphatic rings. The summed E-state index contributed by atoms with van der Waals surface area (Å²) >= 11 is 1.42. The van der Waals surface area contributed by atoms with E-state index < -0.39 is 0 Å². The summed E-state index contributed by atoms with van der Waals surface area (Å²) in [7, 11) is 0. The highest BCUT2D eigenvalue weighted by Gasteiger charge is 2.10. The molecule has 0 radical (unpaired) electrons. The molecule has 0 saturated heterocycles. The normalized spacial score (nSPS) is 9.70. The van der Waals surface area contributed by atoms with Crippen LogP contribution in [-0.2, 0) is 11.2 Å². The van der Waals surface area contributed by atoms with Crippen molar-refractivity contribution < 1.29 is 9.59 Å². The lowest BCUT2D eigenvalue weighted by molar-refractivity contribution is -0.120. The first-order valence-corrected chi connectivity index (χ1v) is 7.24. The topological polar surface area (TPSA) is 97.1 Å². The highest BCUT2D eigenvalue weighted by atomic mass is 35.5. The van der Waals surface area contributed by atoms with Crippen LogP contribution >= 0.6 is 23.7 Å². The molecule has 0 atom stereocenters. The van der Waals surface area contributed by atoms with Gasteiger partial charge in [0.1, 0.15) is 5.69 Å². The second-order valence-electron chi connectivity index (χ2n) is 4.02. The van der Waals surface area contributed by atoms with Gasteiger partial charge < -0.3 is 16.4 Å². The van der Waals surface area contributed by atoms with E-state index in [2.05, 4.69) is 15.6 Å². The Morgan fingerprint density at radius 2 is 2.10 bits per heavy atom. The van der Waals surface area contributed by atoms with Crippen molar-refractivity contribution in [2.75, 3.05) is 19.6 Å². The smallest absolute Gasteiger partial charge is 0.270 e. The van der Waals surface area contributed by atoms with Gasteiger partial charge in [-0.15, -0.1) is 23.7 Å². The summed E-state index contributed by atoms with van der Waals surface area (Å²) in [5.41, 5.74) is 5.81. The zero-order valence-corrected chi connectivity index (χ0v) is 13.1. The third-order valence-corrected chi connectivity index (χ3v) is 3.26. The largest absolute Gasteiger partial charge is 0.356 e. The predicted molar refractivity (Wildman–Crippen MR) is 82.4 cm³/mol. The third-order valence-electron chi connectivity index (χ3n) is 2.35. The van der Waals surface area contributed by atoms with Gasteiger partial charge in [0.05, 0.1) is 5.01 Å². The summed E-state index contributed by atoms with van der Waals surface area (Å²) in [6, 6.07) is 0. The van der Waals surface area contributed by atoms with Crippen molar-refractivity contribution in [2.45, 2.75) is 26.2 Å². The molecule has 1 heterocycles. The summed E-state index contributed by atoms with van der Waals surface area (Å²) in [6.07, 6.45) is 1.86. The Kier molecular flexibility index (Phi) is 9.96. The van der Waals surface area contributed by atoms with Gasteiger partial charge in [-0.1, -0.05) is 6.92 Å². The van der Waals surface area contributed by atoms with E-state index in [1.165, 1.54) is 11.3 Å². The van der Waals surface area contributed by atoms with Crippen LogP contribution in [0.15, 0.2) is 5.38 Å².